The molecule has 2 atom stereocenters. The molecule has 0 spiro atoms. The highest BCUT2D eigenvalue weighted by Crippen LogP contribution is 2.26. The molecule has 0 bridgehead atoms. The first-order chi connectivity index (χ1) is 9.52. The Morgan fingerprint density at radius 3 is 2.65 bits per heavy atom. The highest BCUT2D eigenvalue weighted by molar-refractivity contribution is 5.79. The summed E-state index contributed by atoms with van der Waals surface area (Å²) >= 11 is 0. The van der Waals surface area contributed by atoms with Gasteiger partial charge in [0.25, 0.3) is 0 Å². The van der Waals surface area contributed by atoms with Gasteiger partial charge in [0.2, 0.25) is 5.91 Å². The van der Waals surface area contributed by atoms with Crippen LogP contribution in [0.15, 0.2) is 0 Å². The Hall–Kier alpha value is -0.650. The van der Waals surface area contributed by atoms with E-state index >= 15 is 0 Å². The molecule has 1 aliphatic heterocycles. The van der Waals surface area contributed by atoms with Crippen molar-refractivity contribution in [2.75, 3.05) is 26.8 Å². The maximum absolute atomic E-state index is 12.6. The molecule has 5 heteroatoms. The molecule has 2 unspecified atom stereocenters. The van der Waals surface area contributed by atoms with Gasteiger partial charge in [-0.15, -0.1) is 0 Å². The smallest absolute Gasteiger partial charge is 0.227 e. The van der Waals surface area contributed by atoms with Gasteiger partial charge in [0.15, 0.2) is 0 Å². The minimum Gasteiger partial charge on any atom is -0.388 e. The van der Waals surface area contributed by atoms with Crippen LogP contribution < -0.4 is 5.73 Å². The first kappa shape index (κ1) is 15.7. The van der Waals surface area contributed by atoms with Crippen molar-refractivity contribution in [2.45, 2.75) is 56.6 Å². The van der Waals surface area contributed by atoms with Crippen LogP contribution in [0.4, 0.5) is 0 Å². The fraction of sp³-hybridized carbons (Fsp3) is 0.933. The summed E-state index contributed by atoms with van der Waals surface area (Å²) in [5.41, 5.74) is 5.36. The molecule has 1 amide bonds. The van der Waals surface area contributed by atoms with Gasteiger partial charge in [0, 0.05) is 45.7 Å². The second-order valence-corrected chi connectivity index (χ2v) is 6.44. The molecule has 1 saturated carbocycles. The molecule has 2 rings (SSSR count). The Morgan fingerprint density at radius 2 is 1.95 bits per heavy atom. The number of likely N-dealkylation sites (N-methyl/N-ethyl adjacent to an activating group) is 1. The summed E-state index contributed by atoms with van der Waals surface area (Å²) in [6, 6.07) is -0.0308. The summed E-state index contributed by atoms with van der Waals surface area (Å²) < 4.78 is 5.27. The molecule has 1 saturated heterocycles. The number of hydrogen-bond acceptors (Lipinski definition) is 4. The van der Waals surface area contributed by atoms with Gasteiger partial charge in [-0.1, -0.05) is 19.3 Å². The fourth-order valence-electron chi connectivity index (χ4n) is 3.35. The molecular formula is C15H28N2O3. The normalized spacial score (nSPS) is 30.6. The fourth-order valence-corrected chi connectivity index (χ4v) is 3.35. The molecule has 2 aliphatic rings. The van der Waals surface area contributed by atoms with Crippen molar-refractivity contribution in [3.8, 4) is 0 Å². The SMILES string of the molecule is CN(CC1(O)CCOCC1)C(=O)C1CCCCCC1N. The summed E-state index contributed by atoms with van der Waals surface area (Å²) in [7, 11) is 1.79. The van der Waals surface area contributed by atoms with Gasteiger partial charge in [-0.05, 0) is 12.8 Å². The van der Waals surface area contributed by atoms with E-state index in [-0.39, 0.29) is 17.9 Å². The lowest BCUT2D eigenvalue weighted by Crippen LogP contribution is -2.50. The maximum Gasteiger partial charge on any atom is 0.227 e. The first-order valence-electron chi connectivity index (χ1n) is 7.82. The molecule has 0 aromatic heterocycles. The van der Waals surface area contributed by atoms with Crippen LogP contribution in [0.3, 0.4) is 0 Å². The van der Waals surface area contributed by atoms with Crippen molar-refractivity contribution in [2.24, 2.45) is 11.7 Å². The largest absolute Gasteiger partial charge is 0.388 e. The summed E-state index contributed by atoms with van der Waals surface area (Å²) in [5.74, 6) is 0.0188. The minimum atomic E-state index is -0.794. The van der Waals surface area contributed by atoms with E-state index in [1.54, 1.807) is 11.9 Å². The Balaban J connectivity index is 1.93. The average Bonchev–Trinajstić information content (AvgIpc) is 2.63. The van der Waals surface area contributed by atoms with E-state index in [0.29, 0.717) is 32.6 Å². The van der Waals surface area contributed by atoms with Crippen molar-refractivity contribution in [3.63, 3.8) is 0 Å². The molecule has 0 radical (unpaired) electrons. The van der Waals surface area contributed by atoms with Crippen LogP contribution >= 0.6 is 0 Å². The molecular weight excluding hydrogens is 256 g/mol. The molecule has 2 fully saturated rings. The van der Waals surface area contributed by atoms with Crippen molar-refractivity contribution >= 4 is 5.91 Å². The van der Waals surface area contributed by atoms with Crippen molar-refractivity contribution in [1.82, 2.24) is 4.90 Å². The highest BCUT2D eigenvalue weighted by Gasteiger charge is 2.35. The van der Waals surface area contributed by atoms with Gasteiger partial charge in [-0.3, -0.25) is 4.79 Å². The lowest BCUT2D eigenvalue weighted by Gasteiger charge is -2.37. The number of hydrogen-bond donors (Lipinski definition) is 2. The lowest BCUT2D eigenvalue weighted by atomic mass is 9.91. The van der Waals surface area contributed by atoms with Crippen LogP contribution in [-0.2, 0) is 9.53 Å². The van der Waals surface area contributed by atoms with Gasteiger partial charge in [-0.25, -0.2) is 0 Å². The van der Waals surface area contributed by atoms with Gasteiger partial charge in [-0.2, -0.15) is 0 Å². The average molecular weight is 284 g/mol. The topological polar surface area (TPSA) is 75.8 Å². The second-order valence-electron chi connectivity index (χ2n) is 6.44. The van der Waals surface area contributed by atoms with Crippen LogP contribution in [0.25, 0.3) is 0 Å². The zero-order chi connectivity index (χ0) is 14.6. The number of nitrogens with zero attached hydrogens (tertiary/aromatic N) is 1. The lowest BCUT2D eigenvalue weighted by molar-refractivity contribution is -0.141. The van der Waals surface area contributed by atoms with Crippen LogP contribution in [0.1, 0.15) is 44.9 Å². The molecule has 0 aromatic rings. The zero-order valence-electron chi connectivity index (χ0n) is 12.5. The molecule has 0 aromatic carbocycles. The molecule has 1 aliphatic carbocycles. The first-order valence-corrected chi connectivity index (χ1v) is 7.82. The summed E-state index contributed by atoms with van der Waals surface area (Å²) in [6.07, 6.45) is 6.38. The van der Waals surface area contributed by atoms with E-state index in [4.69, 9.17) is 10.5 Å². The third-order valence-electron chi connectivity index (χ3n) is 4.72. The third-order valence-corrected chi connectivity index (χ3v) is 4.72. The second kappa shape index (κ2) is 6.87. The van der Waals surface area contributed by atoms with E-state index in [9.17, 15) is 9.90 Å². The summed E-state index contributed by atoms with van der Waals surface area (Å²) in [6.45, 7) is 1.53. The van der Waals surface area contributed by atoms with Crippen LogP contribution in [0, 0.1) is 5.92 Å². The minimum absolute atomic E-state index is 0.0308. The van der Waals surface area contributed by atoms with Crippen LogP contribution in [0.5, 0.6) is 0 Å². The Bertz CT molecular complexity index is 329. The third kappa shape index (κ3) is 3.93. The van der Waals surface area contributed by atoms with Crippen LogP contribution in [-0.4, -0.2) is 54.4 Å². The predicted molar refractivity (Wildman–Crippen MR) is 77.2 cm³/mol. The molecule has 20 heavy (non-hydrogen) atoms. The monoisotopic (exact) mass is 284 g/mol. The number of rotatable bonds is 3. The van der Waals surface area contributed by atoms with Gasteiger partial charge in [0.05, 0.1) is 11.5 Å². The summed E-state index contributed by atoms with van der Waals surface area (Å²) in [5, 5.41) is 10.5. The van der Waals surface area contributed by atoms with Gasteiger partial charge < -0.3 is 20.5 Å². The van der Waals surface area contributed by atoms with E-state index in [2.05, 4.69) is 0 Å². The number of carbonyl (C=O) groups excluding carboxylic acids is 1. The van der Waals surface area contributed by atoms with Crippen molar-refractivity contribution < 1.29 is 14.6 Å². The van der Waals surface area contributed by atoms with E-state index < -0.39 is 5.60 Å². The highest BCUT2D eigenvalue weighted by atomic mass is 16.5. The number of nitrogens with two attached hydrogens (primary N) is 1. The maximum atomic E-state index is 12.6. The molecule has 5 nitrogen and oxygen atoms in total. The van der Waals surface area contributed by atoms with Gasteiger partial charge in [0.1, 0.15) is 0 Å². The van der Waals surface area contributed by atoms with E-state index in [1.165, 1.54) is 6.42 Å². The number of aliphatic hydroxyl groups is 1. The van der Waals surface area contributed by atoms with Crippen molar-refractivity contribution in [1.29, 1.82) is 0 Å². The van der Waals surface area contributed by atoms with E-state index in [1.807, 2.05) is 0 Å². The molecule has 3 N–H and O–H groups in total. The Morgan fingerprint density at radius 1 is 1.30 bits per heavy atom. The predicted octanol–water partition coefficient (Wildman–Crippen LogP) is 0.894. The molecule has 1 heterocycles. The van der Waals surface area contributed by atoms with E-state index in [0.717, 1.165) is 25.7 Å². The summed E-state index contributed by atoms with van der Waals surface area (Å²) in [4.78, 5) is 14.3. The quantitative estimate of drug-likeness (QED) is 0.755. The molecule has 116 valence electrons. The Kier molecular flexibility index (Phi) is 5.41. The number of ether oxygens (including phenoxy) is 1. The van der Waals surface area contributed by atoms with Crippen LogP contribution in [0.2, 0.25) is 0 Å². The zero-order valence-corrected chi connectivity index (χ0v) is 12.5. The Labute approximate surface area is 121 Å². The van der Waals surface area contributed by atoms with Gasteiger partial charge >= 0.3 is 0 Å². The number of amides is 1. The number of carbonyl (C=O) groups is 1. The van der Waals surface area contributed by atoms with Crippen molar-refractivity contribution in [3.05, 3.63) is 0 Å². The standard InChI is InChI=1S/C15H28N2O3/c1-17(11-15(19)7-9-20-10-8-15)14(18)12-5-3-2-4-6-13(12)16/h12-13,19H,2-11,16H2,1H3.